The second-order valence-corrected chi connectivity index (χ2v) is 6.06. The van der Waals surface area contributed by atoms with Gasteiger partial charge in [0, 0.05) is 9.75 Å². The SMILES string of the molecule is CCCC1NC(c2ccc(C)s2)N(CC(F)F)C1=O. The van der Waals surface area contributed by atoms with Gasteiger partial charge in [-0.2, -0.15) is 0 Å². The zero-order chi connectivity index (χ0) is 14.0. The van der Waals surface area contributed by atoms with Gasteiger partial charge in [-0.15, -0.1) is 11.3 Å². The van der Waals surface area contributed by atoms with E-state index in [-0.39, 0.29) is 11.9 Å². The first-order chi connectivity index (χ1) is 9.02. The Morgan fingerprint density at radius 1 is 1.47 bits per heavy atom. The van der Waals surface area contributed by atoms with E-state index in [4.69, 9.17) is 0 Å². The summed E-state index contributed by atoms with van der Waals surface area (Å²) in [6.45, 7) is 3.44. The molecule has 0 radical (unpaired) electrons. The number of thiophene rings is 1. The van der Waals surface area contributed by atoms with Crippen LogP contribution >= 0.6 is 11.3 Å². The zero-order valence-electron chi connectivity index (χ0n) is 11.0. The van der Waals surface area contributed by atoms with E-state index in [1.165, 1.54) is 16.2 Å². The Balaban J connectivity index is 2.21. The highest BCUT2D eigenvalue weighted by atomic mass is 32.1. The number of rotatable bonds is 5. The van der Waals surface area contributed by atoms with Gasteiger partial charge in [-0.05, 0) is 25.5 Å². The van der Waals surface area contributed by atoms with E-state index in [1.54, 1.807) is 0 Å². The normalized spacial score (nSPS) is 23.6. The molecular weight excluding hydrogens is 270 g/mol. The Kier molecular flexibility index (Phi) is 4.52. The molecule has 0 aliphatic carbocycles. The maximum Gasteiger partial charge on any atom is 0.255 e. The summed E-state index contributed by atoms with van der Waals surface area (Å²) in [6.07, 6.45) is -1.38. The Morgan fingerprint density at radius 3 is 2.74 bits per heavy atom. The van der Waals surface area contributed by atoms with Crippen LogP contribution in [0.2, 0.25) is 0 Å². The van der Waals surface area contributed by atoms with Gasteiger partial charge in [-0.25, -0.2) is 8.78 Å². The number of halogens is 2. The highest BCUT2D eigenvalue weighted by Gasteiger charge is 2.40. The number of nitrogens with zero attached hydrogens (tertiary/aromatic N) is 1. The van der Waals surface area contributed by atoms with Crippen LogP contribution in [0.15, 0.2) is 12.1 Å². The number of hydrogen-bond donors (Lipinski definition) is 1. The van der Waals surface area contributed by atoms with Crippen molar-refractivity contribution in [2.24, 2.45) is 0 Å². The smallest absolute Gasteiger partial charge is 0.255 e. The molecule has 1 aliphatic heterocycles. The number of hydrogen-bond acceptors (Lipinski definition) is 3. The van der Waals surface area contributed by atoms with Gasteiger partial charge in [0.05, 0.1) is 12.6 Å². The minimum absolute atomic E-state index is 0.210. The first kappa shape index (κ1) is 14.4. The third-order valence-electron chi connectivity index (χ3n) is 3.19. The van der Waals surface area contributed by atoms with Gasteiger partial charge in [0.1, 0.15) is 6.17 Å². The van der Waals surface area contributed by atoms with Gasteiger partial charge < -0.3 is 4.90 Å². The number of nitrogens with one attached hydrogen (secondary N) is 1. The number of aryl methyl sites for hydroxylation is 1. The maximum absolute atomic E-state index is 12.6. The topological polar surface area (TPSA) is 32.3 Å². The Labute approximate surface area is 115 Å². The van der Waals surface area contributed by atoms with Crippen molar-refractivity contribution in [1.29, 1.82) is 0 Å². The molecule has 2 atom stereocenters. The van der Waals surface area contributed by atoms with E-state index in [0.717, 1.165) is 16.2 Å². The third kappa shape index (κ3) is 3.12. The van der Waals surface area contributed by atoms with Crippen molar-refractivity contribution in [1.82, 2.24) is 10.2 Å². The first-order valence-electron chi connectivity index (χ1n) is 6.44. The summed E-state index contributed by atoms with van der Waals surface area (Å²) in [7, 11) is 0. The summed E-state index contributed by atoms with van der Waals surface area (Å²) < 4.78 is 25.3. The molecular formula is C13H18F2N2OS. The van der Waals surface area contributed by atoms with Crippen LogP contribution in [0.3, 0.4) is 0 Å². The van der Waals surface area contributed by atoms with Crippen molar-refractivity contribution >= 4 is 17.2 Å². The van der Waals surface area contributed by atoms with Crippen LogP contribution in [0.1, 0.15) is 35.7 Å². The van der Waals surface area contributed by atoms with Crippen LogP contribution < -0.4 is 5.32 Å². The highest BCUT2D eigenvalue weighted by molar-refractivity contribution is 7.12. The molecule has 0 aromatic carbocycles. The van der Waals surface area contributed by atoms with Crippen LogP contribution in [0.25, 0.3) is 0 Å². The van der Waals surface area contributed by atoms with Gasteiger partial charge in [-0.1, -0.05) is 13.3 Å². The number of alkyl halides is 2. The lowest BCUT2D eigenvalue weighted by Crippen LogP contribution is -2.34. The number of carbonyl (C=O) groups is 1. The average Bonchev–Trinajstić information content (AvgIpc) is 2.88. The summed E-state index contributed by atoms with van der Waals surface area (Å²) in [5.74, 6) is -0.210. The van der Waals surface area contributed by atoms with Gasteiger partial charge in [0.25, 0.3) is 6.43 Å². The molecule has 1 aromatic rings. The summed E-state index contributed by atoms with van der Waals surface area (Å²) in [4.78, 5) is 15.5. The Bertz CT molecular complexity index is 450. The molecule has 1 aliphatic rings. The van der Waals surface area contributed by atoms with Gasteiger partial charge in [-0.3, -0.25) is 10.1 Å². The predicted octanol–water partition coefficient (Wildman–Crippen LogP) is 2.92. The van der Waals surface area contributed by atoms with Crippen LogP contribution in [0, 0.1) is 6.92 Å². The third-order valence-corrected chi connectivity index (χ3v) is 4.25. The molecule has 1 saturated heterocycles. The van der Waals surface area contributed by atoms with Crippen LogP contribution in [0.4, 0.5) is 8.78 Å². The van der Waals surface area contributed by atoms with Crippen molar-refractivity contribution in [3.05, 3.63) is 21.9 Å². The summed E-state index contributed by atoms with van der Waals surface area (Å²) >= 11 is 1.54. The van der Waals surface area contributed by atoms with Crippen LogP contribution in [0.5, 0.6) is 0 Å². The summed E-state index contributed by atoms with van der Waals surface area (Å²) in [5.41, 5.74) is 0. The average molecular weight is 288 g/mol. The van der Waals surface area contributed by atoms with E-state index in [1.807, 2.05) is 26.0 Å². The number of carbonyl (C=O) groups excluding carboxylic acids is 1. The monoisotopic (exact) mass is 288 g/mol. The van der Waals surface area contributed by atoms with Crippen LogP contribution in [-0.4, -0.2) is 29.8 Å². The number of amides is 1. The van der Waals surface area contributed by atoms with E-state index in [2.05, 4.69) is 5.32 Å². The minimum atomic E-state index is -2.50. The van der Waals surface area contributed by atoms with Crippen molar-refractivity contribution in [2.45, 2.75) is 45.3 Å². The van der Waals surface area contributed by atoms with E-state index >= 15 is 0 Å². The molecule has 1 fully saturated rings. The second kappa shape index (κ2) is 5.96. The molecule has 3 nitrogen and oxygen atoms in total. The largest absolute Gasteiger partial charge is 0.315 e. The van der Waals surface area contributed by atoms with Crippen molar-refractivity contribution < 1.29 is 13.6 Å². The van der Waals surface area contributed by atoms with Crippen LogP contribution in [-0.2, 0) is 4.79 Å². The van der Waals surface area contributed by atoms with E-state index in [0.29, 0.717) is 6.42 Å². The molecule has 6 heteroatoms. The fraction of sp³-hybridized carbons (Fsp3) is 0.615. The molecule has 2 unspecified atom stereocenters. The fourth-order valence-electron chi connectivity index (χ4n) is 2.35. The molecule has 0 saturated carbocycles. The molecule has 1 amide bonds. The summed E-state index contributed by atoms with van der Waals surface area (Å²) in [6, 6.07) is 3.51. The minimum Gasteiger partial charge on any atom is -0.315 e. The van der Waals surface area contributed by atoms with E-state index in [9.17, 15) is 13.6 Å². The second-order valence-electron chi connectivity index (χ2n) is 4.74. The van der Waals surface area contributed by atoms with Crippen molar-refractivity contribution in [3.63, 3.8) is 0 Å². The summed E-state index contributed by atoms with van der Waals surface area (Å²) in [5, 5.41) is 3.18. The zero-order valence-corrected chi connectivity index (χ0v) is 11.8. The van der Waals surface area contributed by atoms with E-state index < -0.39 is 19.1 Å². The van der Waals surface area contributed by atoms with Crippen molar-refractivity contribution in [3.8, 4) is 0 Å². The molecule has 1 aromatic heterocycles. The Morgan fingerprint density at radius 2 is 2.21 bits per heavy atom. The van der Waals surface area contributed by atoms with Gasteiger partial charge in [0.15, 0.2) is 0 Å². The predicted molar refractivity (Wildman–Crippen MR) is 71.3 cm³/mol. The Hall–Kier alpha value is -1.01. The lowest BCUT2D eigenvalue weighted by atomic mass is 10.2. The molecule has 0 bridgehead atoms. The first-order valence-corrected chi connectivity index (χ1v) is 7.25. The molecule has 106 valence electrons. The van der Waals surface area contributed by atoms with Crippen molar-refractivity contribution in [2.75, 3.05) is 6.54 Å². The molecule has 2 rings (SSSR count). The van der Waals surface area contributed by atoms with Gasteiger partial charge >= 0.3 is 0 Å². The fourth-order valence-corrected chi connectivity index (χ4v) is 3.31. The molecule has 1 N–H and O–H groups in total. The quantitative estimate of drug-likeness (QED) is 0.903. The lowest BCUT2D eigenvalue weighted by Gasteiger charge is -2.22. The molecule has 0 spiro atoms. The van der Waals surface area contributed by atoms with Gasteiger partial charge in [0.2, 0.25) is 5.91 Å². The molecule has 2 heterocycles. The maximum atomic E-state index is 12.6. The standard InChI is InChI=1S/C13H18F2N2OS/c1-3-4-9-13(18)17(7-11(14)15)12(16-9)10-6-5-8(2)19-10/h5-6,9,11-12,16H,3-4,7H2,1-2H3. The molecule has 19 heavy (non-hydrogen) atoms. The lowest BCUT2D eigenvalue weighted by molar-refractivity contribution is -0.132. The highest BCUT2D eigenvalue weighted by Crippen LogP contribution is 2.31.